The molecule has 1 aromatic carbocycles. The Bertz CT molecular complexity index is 358. The summed E-state index contributed by atoms with van der Waals surface area (Å²) in [6, 6.07) is 7.09. The van der Waals surface area contributed by atoms with Crippen LogP contribution in [0.3, 0.4) is 0 Å². The van der Waals surface area contributed by atoms with E-state index in [0.29, 0.717) is 12.1 Å². The Morgan fingerprint density at radius 2 is 1.94 bits per heavy atom. The molecule has 0 atom stereocenters. The lowest BCUT2D eigenvalue weighted by Crippen LogP contribution is -2.42. The number of hydrogen-bond donors (Lipinski definition) is 3. The van der Waals surface area contributed by atoms with Crippen LogP contribution in [0.5, 0.6) is 0 Å². The first-order valence-corrected chi connectivity index (χ1v) is 5.19. The van der Waals surface area contributed by atoms with Gasteiger partial charge in [-0.15, -0.1) is 0 Å². The van der Waals surface area contributed by atoms with E-state index in [4.69, 9.17) is 10.8 Å². The number of primary amides is 1. The summed E-state index contributed by atoms with van der Waals surface area (Å²) >= 11 is 0. The highest BCUT2D eigenvalue weighted by atomic mass is 16.3. The summed E-state index contributed by atoms with van der Waals surface area (Å²) in [6.07, 6.45) is 0. The summed E-state index contributed by atoms with van der Waals surface area (Å²) in [5, 5.41) is 12.3. The van der Waals surface area contributed by atoms with E-state index >= 15 is 0 Å². The molecule has 0 aliphatic heterocycles. The molecule has 0 saturated heterocycles. The monoisotopic (exact) mass is 222 g/mol. The molecule has 1 amide bonds. The number of amides is 1. The summed E-state index contributed by atoms with van der Waals surface area (Å²) in [5.41, 5.74) is 6.39. The molecule has 4 N–H and O–H groups in total. The fraction of sp³-hybridized carbons (Fsp3) is 0.417. The van der Waals surface area contributed by atoms with Gasteiger partial charge in [0.25, 0.3) is 0 Å². The number of hydrogen-bond acceptors (Lipinski definition) is 3. The normalized spacial score (nSPS) is 11.4. The van der Waals surface area contributed by atoms with Crippen molar-refractivity contribution >= 4 is 5.91 Å². The molecule has 4 nitrogen and oxygen atoms in total. The van der Waals surface area contributed by atoms with Gasteiger partial charge in [-0.3, -0.25) is 4.79 Å². The Kier molecular flexibility index (Phi) is 4.04. The zero-order valence-electron chi connectivity index (χ0n) is 9.66. The lowest BCUT2D eigenvalue weighted by atomic mass is 10.1. The molecule has 0 fully saturated rings. The molecule has 0 radical (unpaired) electrons. The quantitative estimate of drug-likeness (QED) is 0.684. The molecule has 88 valence electrons. The Morgan fingerprint density at radius 3 is 2.38 bits per heavy atom. The molecule has 1 rings (SSSR count). The van der Waals surface area contributed by atoms with Gasteiger partial charge in [0, 0.05) is 17.6 Å². The van der Waals surface area contributed by atoms with Gasteiger partial charge in [-0.2, -0.15) is 0 Å². The Balaban J connectivity index is 2.59. The first kappa shape index (κ1) is 12.7. The molecule has 0 heterocycles. The molecule has 0 aromatic heterocycles. The van der Waals surface area contributed by atoms with Crippen molar-refractivity contribution in [1.82, 2.24) is 5.32 Å². The van der Waals surface area contributed by atoms with Crippen molar-refractivity contribution in [3.05, 3.63) is 35.4 Å². The van der Waals surface area contributed by atoms with Crippen LogP contribution in [0, 0.1) is 0 Å². The molecule has 0 aliphatic carbocycles. The lowest BCUT2D eigenvalue weighted by molar-refractivity contribution is 0.100. The van der Waals surface area contributed by atoms with E-state index in [1.165, 1.54) is 0 Å². The molecule has 4 heteroatoms. The highest BCUT2D eigenvalue weighted by Crippen LogP contribution is 2.06. The maximum Gasteiger partial charge on any atom is 0.248 e. The maximum atomic E-state index is 10.8. The van der Waals surface area contributed by atoms with Crippen molar-refractivity contribution in [2.24, 2.45) is 5.73 Å². The number of nitrogens with two attached hydrogens (primary N) is 1. The first-order chi connectivity index (χ1) is 7.44. The number of carbonyl (C=O) groups excluding carboxylic acids is 1. The van der Waals surface area contributed by atoms with E-state index in [9.17, 15) is 4.79 Å². The number of benzene rings is 1. The Morgan fingerprint density at radius 1 is 1.38 bits per heavy atom. The number of aliphatic hydroxyl groups excluding tert-OH is 1. The third-order valence-corrected chi connectivity index (χ3v) is 2.40. The van der Waals surface area contributed by atoms with Crippen LogP contribution in [0.1, 0.15) is 29.8 Å². The number of aliphatic hydroxyl groups is 1. The smallest absolute Gasteiger partial charge is 0.248 e. The van der Waals surface area contributed by atoms with Gasteiger partial charge in [0.1, 0.15) is 0 Å². The fourth-order valence-corrected chi connectivity index (χ4v) is 1.18. The maximum absolute atomic E-state index is 10.8. The molecule has 0 saturated carbocycles. The van der Waals surface area contributed by atoms with Crippen LogP contribution in [-0.2, 0) is 6.54 Å². The van der Waals surface area contributed by atoms with Crippen molar-refractivity contribution in [2.75, 3.05) is 6.61 Å². The van der Waals surface area contributed by atoms with Crippen LogP contribution in [0.2, 0.25) is 0 Å². The van der Waals surface area contributed by atoms with Gasteiger partial charge in [0.15, 0.2) is 0 Å². The lowest BCUT2D eigenvalue weighted by Gasteiger charge is -2.23. The van der Waals surface area contributed by atoms with Gasteiger partial charge >= 0.3 is 0 Å². The van der Waals surface area contributed by atoms with E-state index in [-0.39, 0.29) is 12.1 Å². The van der Waals surface area contributed by atoms with Crippen LogP contribution >= 0.6 is 0 Å². The average Bonchev–Trinajstić information content (AvgIpc) is 2.27. The molecule has 0 spiro atoms. The number of carbonyl (C=O) groups is 1. The van der Waals surface area contributed by atoms with E-state index in [1.54, 1.807) is 12.1 Å². The van der Waals surface area contributed by atoms with E-state index in [2.05, 4.69) is 5.32 Å². The molecule has 1 aromatic rings. The molecule has 0 unspecified atom stereocenters. The van der Waals surface area contributed by atoms with E-state index in [1.807, 2.05) is 26.0 Å². The molecular formula is C12H18N2O2. The molecule has 16 heavy (non-hydrogen) atoms. The molecular weight excluding hydrogens is 204 g/mol. The second-order valence-corrected chi connectivity index (χ2v) is 4.46. The van der Waals surface area contributed by atoms with Crippen LogP contribution in [0.25, 0.3) is 0 Å². The third kappa shape index (κ3) is 3.64. The van der Waals surface area contributed by atoms with E-state index < -0.39 is 5.91 Å². The fourth-order valence-electron chi connectivity index (χ4n) is 1.18. The predicted octanol–water partition coefficient (Wildman–Crippen LogP) is 0.646. The van der Waals surface area contributed by atoms with Gasteiger partial charge in [-0.25, -0.2) is 0 Å². The predicted molar refractivity (Wildman–Crippen MR) is 63.0 cm³/mol. The van der Waals surface area contributed by atoms with Crippen molar-refractivity contribution in [2.45, 2.75) is 25.9 Å². The van der Waals surface area contributed by atoms with Crippen LogP contribution in [0.15, 0.2) is 24.3 Å². The highest BCUT2D eigenvalue weighted by Gasteiger charge is 2.14. The number of nitrogens with one attached hydrogen (secondary N) is 1. The Hall–Kier alpha value is -1.39. The summed E-state index contributed by atoms with van der Waals surface area (Å²) < 4.78 is 0. The van der Waals surface area contributed by atoms with Crippen molar-refractivity contribution in [3.8, 4) is 0 Å². The van der Waals surface area contributed by atoms with Gasteiger partial charge in [0.05, 0.1) is 6.61 Å². The second-order valence-electron chi connectivity index (χ2n) is 4.46. The van der Waals surface area contributed by atoms with Crippen molar-refractivity contribution in [3.63, 3.8) is 0 Å². The zero-order chi connectivity index (χ0) is 12.2. The minimum Gasteiger partial charge on any atom is -0.394 e. The van der Waals surface area contributed by atoms with Gasteiger partial charge in [0.2, 0.25) is 5.91 Å². The van der Waals surface area contributed by atoms with Gasteiger partial charge in [-0.05, 0) is 31.5 Å². The minimum atomic E-state index is -0.421. The summed E-state index contributed by atoms with van der Waals surface area (Å²) in [7, 11) is 0. The SMILES string of the molecule is CC(C)(CO)NCc1ccc(C(N)=O)cc1. The minimum absolute atomic E-state index is 0.0758. The van der Waals surface area contributed by atoms with Crippen LogP contribution in [-0.4, -0.2) is 23.2 Å². The largest absolute Gasteiger partial charge is 0.394 e. The van der Waals surface area contributed by atoms with Gasteiger partial charge in [-0.1, -0.05) is 12.1 Å². The first-order valence-electron chi connectivity index (χ1n) is 5.19. The molecule has 0 aliphatic rings. The Labute approximate surface area is 95.5 Å². The summed E-state index contributed by atoms with van der Waals surface area (Å²) in [6.45, 7) is 4.56. The van der Waals surface area contributed by atoms with Crippen LogP contribution in [0.4, 0.5) is 0 Å². The third-order valence-electron chi connectivity index (χ3n) is 2.40. The van der Waals surface area contributed by atoms with E-state index in [0.717, 1.165) is 5.56 Å². The summed E-state index contributed by atoms with van der Waals surface area (Å²) in [4.78, 5) is 10.8. The van der Waals surface area contributed by atoms with Crippen LogP contribution < -0.4 is 11.1 Å². The highest BCUT2D eigenvalue weighted by molar-refractivity contribution is 5.92. The topological polar surface area (TPSA) is 75.3 Å². The summed E-state index contributed by atoms with van der Waals surface area (Å²) in [5.74, 6) is -0.421. The average molecular weight is 222 g/mol. The van der Waals surface area contributed by atoms with Crippen molar-refractivity contribution in [1.29, 1.82) is 0 Å². The van der Waals surface area contributed by atoms with Crippen molar-refractivity contribution < 1.29 is 9.90 Å². The van der Waals surface area contributed by atoms with Gasteiger partial charge < -0.3 is 16.2 Å². The number of rotatable bonds is 5. The second kappa shape index (κ2) is 5.09. The standard InChI is InChI=1S/C12H18N2O2/c1-12(2,8-15)14-7-9-3-5-10(6-4-9)11(13)16/h3-6,14-15H,7-8H2,1-2H3,(H2,13,16). The zero-order valence-corrected chi connectivity index (χ0v) is 9.66. The molecule has 0 bridgehead atoms.